The first kappa shape index (κ1) is 17.1. The van der Waals surface area contributed by atoms with Gasteiger partial charge in [-0.05, 0) is 55.2 Å². The van der Waals surface area contributed by atoms with Crippen molar-refractivity contribution in [3.05, 3.63) is 46.3 Å². The maximum Gasteiger partial charge on any atom is 0.416 e. The monoisotopic (exact) mass is 326 g/mol. The number of thiophene rings is 1. The molecule has 0 aliphatic carbocycles. The maximum atomic E-state index is 13.2. The molecule has 2 aromatic rings. The second-order valence-electron chi connectivity index (χ2n) is 5.59. The van der Waals surface area contributed by atoms with E-state index in [9.17, 15) is 13.2 Å². The summed E-state index contributed by atoms with van der Waals surface area (Å²) in [6.07, 6.45) is 0.169. The summed E-state index contributed by atoms with van der Waals surface area (Å²) in [4.78, 5) is 2.19. The van der Waals surface area contributed by atoms with E-state index in [-0.39, 0.29) is 0 Å². The highest BCUT2D eigenvalue weighted by Crippen LogP contribution is 2.36. The lowest BCUT2D eigenvalue weighted by molar-refractivity contribution is -0.138. The molecule has 0 saturated carbocycles. The second kappa shape index (κ2) is 7.32. The summed E-state index contributed by atoms with van der Waals surface area (Å²) in [5.41, 5.74) is 0.824. The summed E-state index contributed by atoms with van der Waals surface area (Å²) in [6, 6.07) is 8.52. The van der Waals surface area contributed by atoms with Gasteiger partial charge in [0.15, 0.2) is 0 Å². The van der Waals surface area contributed by atoms with Crippen molar-refractivity contribution in [2.45, 2.75) is 52.1 Å². The minimum Gasteiger partial charge on any atom is -0.166 e. The van der Waals surface area contributed by atoms with Gasteiger partial charge in [-0.1, -0.05) is 32.3 Å². The molecule has 2 rings (SSSR count). The van der Waals surface area contributed by atoms with Crippen molar-refractivity contribution in [3.63, 3.8) is 0 Å². The Morgan fingerprint density at radius 3 is 2.36 bits per heavy atom. The third-order valence-corrected chi connectivity index (χ3v) is 4.78. The molecule has 0 spiro atoms. The van der Waals surface area contributed by atoms with E-state index in [1.807, 2.05) is 19.1 Å². The molecule has 1 heterocycles. The van der Waals surface area contributed by atoms with Crippen LogP contribution in [-0.2, 0) is 12.6 Å². The van der Waals surface area contributed by atoms with Crippen molar-refractivity contribution < 1.29 is 13.2 Å². The Hall–Kier alpha value is -1.29. The first-order chi connectivity index (χ1) is 10.4. The van der Waals surface area contributed by atoms with Gasteiger partial charge in [-0.2, -0.15) is 13.2 Å². The molecular formula is C18H21F3S. The van der Waals surface area contributed by atoms with Crippen molar-refractivity contribution in [2.75, 3.05) is 0 Å². The average Bonchev–Trinajstić information content (AvgIpc) is 2.89. The van der Waals surface area contributed by atoms with E-state index in [2.05, 4.69) is 6.92 Å². The highest BCUT2D eigenvalue weighted by molar-refractivity contribution is 7.15. The summed E-state index contributed by atoms with van der Waals surface area (Å²) in [5.74, 6) is 0. The van der Waals surface area contributed by atoms with Crippen molar-refractivity contribution >= 4 is 11.3 Å². The predicted molar refractivity (Wildman–Crippen MR) is 87.3 cm³/mol. The first-order valence-electron chi connectivity index (χ1n) is 7.68. The van der Waals surface area contributed by atoms with Gasteiger partial charge in [-0.15, -0.1) is 11.3 Å². The van der Waals surface area contributed by atoms with E-state index in [0.29, 0.717) is 12.0 Å². The Kier molecular flexibility index (Phi) is 5.68. The Labute approximate surface area is 134 Å². The molecule has 0 amide bonds. The van der Waals surface area contributed by atoms with Crippen LogP contribution in [0.4, 0.5) is 13.2 Å². The average molecular weight is 326 g/mol. The highest BCUT2D eigenvalue weighted by atomic mass is 32.1. The number of alkyl halides is 3. The van der Waals surface area contributed by atoms with E-state index < -0.39 is 11.7 Å². The topological polar surface area (TPSA) is 0 Å². The van der Waals surface area contributed by atoms with Gasteiger partial charge in [0.25, 0.3) is 0 Å². The van der Waals surface area contributed by atoms with Crippen LogP contribution in [0.2, 0.25) is 0 Å². The number of rotatable bonds is 6. The van der Waals surface area contributed by atoms with Gasteiger partial charge in [0, 0.05) is 9.75 Å². The minimum atomic E-state index is -4.27. The summed E-state index contributed by atoms with van der Waals surface area (Å²) < 4.78 is 39.5. The number of halogens is 3. The molecule has 1 aromatic carbocycles. The van der Waals surface area contributed by atoms with Crippen molar-refractivity contribution in [1.82, 2.24) is 0 Å². The highest BCUT2D eigenvalue weighted by Gasteiger charge is 2.33. The smallest absolute Gasteiger partial charge is 0.166 e. The van der Waals surface area contributed by atoms with Crippen LogP contribution in [0, 0.1) is 6.92 Å². The quantitative estimate of drug-likeness (QED) is 0.508. The molecule has 0 N–H and O–H groups in total. The molecule has 0 unspecified atom stereocenters. The lowest BCUT2D eigenvalue weighted by atomic mass is 9.97. The van der Waals surface area contributed by atoms with E-state index in [1.54, 1.807) is 23.5 Å². The van der Waals surface area contributed by atoms with Crippen LogP contribution in [0.25, 0.3) is 10.4 Å². The fourth-order valence-electron chi connectivity index (χ4n) is 2.56. The molecule has 0 bridgehead atoms. The Bertz CT molecular complexity index is 611. The first-order valence-corrected chi connectivity index (χ1v) is 8.50. The van der Waals surface area contributed by atoms with Crippen LogP contribution in [0.15, 0.2) is 30.3 Å². The van der Waals surface area contributed by atoms with Gasteiger partial charge in [0.1, 0.15) is 0 Å². The zero-order valence-corrected chi connectivity index (χ0v) is 13.8. The van der Waals surface area contributed by atoms with Crippen LogP contribution in [0.3, 0.4) is 0 Å². The zero-order chi connectivity index (χ0) is 16.2. The summed E-state index contributed by atoms with van der Waals surface area (Å²) >= 11 is 1.61. The normalized spacial score (nSPS) is 11.9. The Morgan fingerprint density at radius 1 is 1.00 bits per heavy atom. The summed E-state index contributed by atoms with van der Waals surface area (Å²) in [7, 11) is 0. The van der Waals surface area contributed by atoms with Gasteiger partial charge < -0.3 is 0 Å². The molecule has 0 aliphatic heterocycles. The van der Waals surface area contributed by atoms with Gasteiger partial charge >= 0.3 is 6.18 Å². The third-order valence-electron chi connectivity index (χ3n) is 3.74. The van der Waals surface area contributed by atoms with Crippen LogP contribution in [0.1, 0.15) is 48.6 Å². The van der Waals surface area contributed by atoms with Crippen LogP contribution in [0.5, 0.6) is 0 Å². The number of hydrogen-bond acceptors (Lipinski definition) is 1. The van der Waals surface area contributed by atoms with Crippen molar-refractivity contribution in [3.8, 4) is 10.4 Å². The molecule has 1 aromatic heterocycles. The number of benzene rings is 1. The molecular weight excluding hydrogens is 305 g/mol. The standard InChI is InChI=1S/C18H21F3S/c1-3-4-5-6-7-14-12-15(17-11-8-13(2)22-17)9-10-16(14)18(19,20)21/h8-12H,3-7H2,1-2H3. The van der Waals surface area contributed by atoms with E-state index in [4.69, 9.17) is 0 Å². The van der Waals surface area contributed by atoms with Gasteiger partial charge in [-0.25, -0.2) is 0 Å². The number of aryl methyl sites for hydroxylation is 2. The summed E-state index contributed by atoms with van der Waals surface area (Å²) in [5, 5.41) is 0. The maximum absolute atomic E-state index is 13.2. The minimum absolute atomic E-state index is 0.423. The van der Waals surface area contributed by atoms with E-state index >= 15 is 0 Å². The third kappa shape index (κ3) is 4.35. The van der Waals surface area contributed by atoms with Crippen LogP contribution in [-0.4, -0.2) is 0 Å². The molecule has 0 radical (unpaired) electrons. The number of unbranched alkanes of at least 4 members (excludes halogenated alkanes) is 3. The summed E-state index contributed by atoms with van der Waals surface area (Å²) in [6.45, 7) is 4.10. The molecule has 120 valence electrons. The lowest BCUT2D eigenvalue weighted by Crippen LogP contribution is -2.09. The predicted octanol–water partition coefficient (Wildman–Crippen LogP) is 6.87. The molecule has 4 heteroatoms. The van der Waals surface area contributed by atoms with Gasteiger partial charge in [0.2, 0.25) is 0 Å². The largest absolute Gasteiger partial charge is 0.416 e. The lowest BCUT2D eigenvalue weighted by Gasteiger charge is -2.14. The van der Waals surface area contributed by atoms with E-state index in [0.717, 1.165) is 36.1 Å². The second-order valence-corrected chi connectivity index (χ2v) is 6.88. The van der Waals surface area contributed by atoms with Gasteiger partial charge in [0.05, 0.1) is 5.56 Å². The molecule has 0 fully saturated rings. The molecule has 0 atom stereocenters. The fraction of sp³-hybridized carbons (Fsp3) is 0.444. The molecule has 22 heavy (non-hydrogen) atoms. The Balaban J connectivity index is 2.28. The van der Waals surface area contributed by atoms with Crippen molar-refractivity contribution in [2.24, 2.45) is 0 Å². The molecule has 0 saturated heterocycles. The number of hydrogen-bond donors (Lipinski definition) is 0. The molecule has 0 aliphatic rings. The fourth-order valence-corrected chi connectivity index (χ4v) is 3.43. The van der Waals surface area contributed by atoms with Crippen LogP contribution >= 0.6 is 11.3 Å². The zero-order valence-electron chi connectivity index (χ0n) is 13.0. The van der Waals surface area contributed by atoms with Crippen molar-refractivity contribution in [1.29, 1.82) is 0 Å². The SMILES string of the molecule is CCCCCCc1cc(-c2ccc(C)s2)ccc1C(F)(F)F. The van der Waals surface area contributed by atoms with E-state index in [1.165, 1.54) is 10.9 Å². The van der Waals surface area contributed by atoms with Crippen LogP contribution < -0.4 is 0 Å². The Morgan fingerprint density at radius 2 is 1.77 bits per heavy atom. The van der Waals surface area contributed by atoms with Gasteiger partial charge in [-0.3, -0.25) is 0 Å². The molecule has 0 nitrogen and oxygen atoms in total.